The van der Waals surface area contributed by atoms with Gasteiger partial charge in [0.15, 0.2) is 5.60 Å². The smallest absolute Gasteiger partial charge is 0.380 e. The summed E-state index contributed by atoms with van der Waals surface area (Å²) in [5.74, 6) is 0. The summed E-state index contributed by atoms with van der Waals surface area (Å²) in [4.78, 5) is 2.04. The topological polar surface area (TPSA) is 32.7 Å². The van der Waals surface area contributed by atoms with Gasteiger partial charge in [-0.15, -0.1) is 0 Å². The first-order chi connectivity index (χ1) is 9.89. The Hall–Kier alpha value is -1.11. The van der Waals surface area contributed by atoms with E-state index in [0.29, 0.717) is 6.54 Å². The summed E-state index contributed by atoms with van der Waals surface area (Å²) >= 11 is 0. The van der Waals surface area contributed by atoms with E-state index >= 15 is 0 Å². The first kappa shape index (κ1) is 14.8. The normalized spacial score (nSPS) is 33.9. The van der Waals surface area contributed by atoms with E-state index in [2.05, 4.69) is 0 Å². The summed E-state index contributed by atoms with van der Waals surface area (Å²) in [5, 5.41) is 9.99. The third kappa shape index (κ3) is 2.80. The molecule has 21 heavy (non-hydrogen) atoms. The van der Waals surface area contributed by atoms with Crippen LogP contribution in [0, 0.1) is 0 Å². The molecule has 6 heteroatoms. The van der Waals surface area contributed by atoms with Gasteiger partial charge in [-0.05, 0) is 5.56 Å². The Kier molecular flexibility index (Phi) is 3.71. The van der Waals surface area contributed by atoms with Crippen molar-refractivity contribution in [1.29, 1.82) is 0 Å². The predicted octanol–water partition coefficient (Wildman–Crippen LogP) is 2.34. The van der Waals surface area contributed by atoms with E-state index in [1.54, 1.807) is 0 Å². The summed E-state index contributed by atoms with van der Waals surface area (Å²) in [6.07, 6.45) is -5.22. The molecule has 0 aromatic heterocycles. The number of benzene rings is 1. The van der Waals surface area contributed by atoms with E-state index < -0.39 is 23.9 Å². The molecule has 1 aromatic carbocycles. The molecule has 0 spiro atoms. The second kappa shape index (κ2) is 5.26. The molecule has 116 valence electrons. The van der Waals surface area contributed by atoms with Crippen LogP contribution in [0.3, 0.4) is 0 Å². The van der Waals surface area contributed by atoms with Gasteiger partial charge >= 0.3 is 6.18 Å². The number of rotatable bonds is 2. The molecule has 2 heterocycles. The van der Waals surface area contributed by atoms with Crippen LogP contribution in [0.2, 0.25) is 0 Å². The van der Waals surface area contributed by atoms with E-state index in [0.717, 1.165) is 5.56 Å². The second-order valence-electron chi connectivity index (χ2n) is 5.94. The van der Waals surface area contributed by atoms with Crippen LogP contribution < -0.4 is 0 Å². The molecule has 2 aliphatic heterocycles. The molecule has 2 atom stereocenters. The molecule has 1 aromatic rings. The Morgan fingerprint density at radius 1 is 1.14 bits per heavy atom. The number of morpholine rings is 1. The van der Waals surface area contributed by atoms with Crippen molar-refractivity contribution in [1.82, 2.24) is 4.90 Å². The molecule has 0 amide bonds. The van der Waals surface area contributed by atoms with Crippen LogP contribution in [-0.4, -0.2) is 47.1 Å². The molecule has 2 saturated heterocycles. The van der Waals surface area contributed by atoms with Crippen molar-refractivity contribution in [2.75, 3.05) is 13.2 Å². The van der Waals surface area contributed by atoms with Gasteiger partial charge in [-0.25, -0.2) is 0 Å². The van der Waals surface area contributed by atoms with E-state index in [1.807, 2.05) is 35.2 Å². The van der Waals surface area contributed by atoms with E-state index in [-0.39, 0.29) is 26.1 Å². The highest BCUT2D eigenvalue weighted by Gasteiger charge is 2.59. The molecule has 2 aliphatic rings. The summed E-state index contributed by atoms with van der Waals surface area (Å²) in [5.41, 5.74) is -1.52. The average Bonchev–Trinajstić information content (AvgIpc) is 2.40. The van der Waals surface area contributed by atoms with Crippen LogP contribution in [0.1, 0.15) is 18.4 Å². The van der Waals surface area contributed by atoms with Crippen LogP contribution in [0.4, 0.5) is 13.2 Å². The van der Waals surface area contributed by atoms with Crippen molar-refractivity contribution in [3.05, 3.63) is 35.9 Å². The summed E-state index contributed by atoms with van der Waals surface area (Å²) in [6.45, 7) is 1.07. The van der Waals surface area contributed by atoms with Crippen LogP contribution in [-0.2, 0) is 11.3 Å². The minimum atomic E-state index is -4.58. The van der Waals surface area contributed by atoms with Crippen molar-refractivity contribution < 1.29 is 23.0 Å². The first-order valence-electron chi connectivity index (χ1n) is 7.05. The van der Waals surface area contributed by atoms with Gasteiger partial charge in [0.05, 0.1) is 13.2 Å². The van der Waals surface area contributed by atoms with E-state index in [4.69, 9.17) is 4.74 Å². The van der Waals surface area contributed by atoms with Gasteiger partial charge in [-0.2, -0.15) is 13.2 Å². The van der Waals surface area contributed by atoms with E-state index in [9.17, 15) is 18.3 Å². The van der Waals surface area contributed by atoms with Crippen LogP contribution in [0.5, 0.6) is 0 Å². The number of nitrogens with zero attached hydrogens (tertiary/aromatic N) is 1. The van der Waals surface area contributed by atoms with Crippen molar-refractivity contribution in [2.45, 2.75) is 43.2 Å². The highest BCUT2D eigenvalue weighted by molar-refractivity contribution is 5.16. The van der Waals surface area contributed by atoms with Gasteiger partial charge in [0.25, 0.3) is 0 Å². The molecule has 2 unspecified atom stereocenters. The van der Waals surface area contributed by atoms with Gasteiger partial charge in [0.2, 0.25) is 0 Å². The number of piperidine rings is 1. The molecule has 3 rings (SSSR count). The lowest BCUT2D eigenvalue weighted by Gasteiger charge is -2.51. The number of hydrogen-bond acceptors (Lipinski definition) is 3. The van der Waals surface area contributed by atoms with Crippen LogP contribution in [0.15, 0.2) is 30.3 Å². The molecule has 0 radical (unpaired) electrons. The fourth-order valence-corrected chi connectivity index (χ4v) is 3.33. The lowest BCUT2D eigenvalue weighted by Crippen LogP contribution is -2.65. The number of ether oxygens (including phenoxy) is 1. The highest BCUT2D eigenvalue weighted by Crippen LogP contribution is 2.44. The standard InChI is InChI=1S/C15H18F3NO2/c16-15(17,18)14(20)6-12-9-21-10-13(7-14)19(12)8-11-4-2-1-3-5-11/h1-5,12-13,20H,6-10H2. The Bertz CT molecular complexity index is 477. The minimum absolute atomic E-state index is 0.238. The molecule has 0 aliphatic carbocycles. The zero-order valence-electron chi connectivity index (χ0n) is 11.5. The maximum absolute atomic E-state index is 13.1. The fourth-order valence-electron chi connectivity index (χ4n) is 3.33. The molecule has 3 nitrogen and oxygen atoms in total. The average molecular weight is 301 g/mol. The Morgan fingerprint density at radius 2 is 1.71 bits per heavy atom. The zero-order chi connectivity index (χ0) is 15.1. The van der Waals surface area contributed by atoms with Gasteiger partial charge < -0.3 is 9.84 Å². The maximum Gasteiger partial charge on any atom is 0.417 e. The number of aliphatic hydroxyl groups is 1. The quantitative estimate of drug-likeness (QED) is 0.910. The third-order valence-electron chi connectivity index (χ3n) is 4.44. The van der Waals surface area contributed by atoms with Crippen molar-refractivity contribution in [3.63, 3.8) is 0 Å². The van der Waals surface area contributed by atoms with Crippen molar-refractivity contribution in [3.8, 4) is 0 Å². The number of alkyl halides is 3. The predicted molar refractivity (Wildman–Crippen MR) is 70.6 cm³/mol. The van der Waals surface area contributed by atoms with Crippen LogP contribution >= 0.6 is 0 Å². The monoisotopic (exact) mass is 301 g/mol. The lowest BCUT2D eigenvalue weighted by atomic mass is 9.80. The number of fused-ring (bicyclic) bond motifs is 2. The Balaban J connectivity index is 1.79. The summed E-state index contributed by atoms with van der Waals surface area (Å²) < 4.78 is 44.6. The van der Waals surface area contributed by atoms with Gasteiger partial charge in [-0.1, -0.05) is 30.3 Å². The van der Waals surface area contributed by atoms with Crippen molar-refractivity contribution in [2.24, 2.45) is 0 Å². The Labute approximate surface area is 121 Å². The molecule has 0 saturated carbocycles. The fraction of sp³-hybridized carbons (Fsp3) is 0.600. The van der Waals surface area contributed by atoms with Gasteiger partial charge in [0, 0.05) is 31.5 Å². The van der Waals surface area contributed by atoms with Crippen LogP contribution in [0.25, 0.3) is 0 Å². The highest BCUT2D eigenvalue weighted by atomic mass is 19.4. The number of halogens is 3. The largest absolute Gasteiger partial charge is 0.417 e. The van der Waals surface area contributed by atoms with Crippen molar-refractivity contribution >= 4 is 0 Å². The molecule has 2 fully saturated rings. The third-order valence-corrected chi connectivity index (χ3v) is 4.44. The maximum atomic E-state index is 13.1. The SMILES string of the molecule is OC1(C(F)(F)F)CC2COCC(C1)N2Cc1ccccc1. The summed E-state index contributed by atoms with van der Waals surface area (Å²) in [7, 11) is 0. The minimum Gasteiger partial charge on any atom is -0.380 e. The van der Waals surface area contributed by atoms with Gasteiger partial charge in [-0.3, -0.25) is 4.90 Å². The van der Waals surface area contributed by atoms with E-state index in [1.165, 1.54) is 0 Å². The zero-order valence-corrected chi connectivity index (χ0v) is 11.5. The second-order valence-corrected chi connectivity index (χ2v) is 5.94. The lowest BCUT2D eigenvalue weighted by molar-refractivity contribution is -0.293. The molecular formula is C15H18F3NO2. The van der Waals surface area contributed by atoms with Gasteiger partial charge in [0.1, 0.15) is 0 Å². The Morgan fingerprint density at radius 3 is 2.24 bits per heavy atom. The molecule has 1 N–H and O–H groups in total. The number of hydrogen-bond donors (Lipinski definition) is 1. The first-order valence-corrected chi connectivity index (χ1v) is 7.05. The molecular weight excluding hydrogens is 283 g/mol. The molecule has 2 bridgehead atoms. The summed E-state index contributed by atoms with van der Waals surface area (Å²) in [6, 6.07) is 8.86.